The molecule has 98 valence electrons. The van der Waals surface area contributed by atoms with Crippen LogP contribution in [0.4, 0.5) is 8.78 Å². The highest BCUT2D eigenvalue weighted by molar-refractivity contribution is 5.71. The summed E-state index contributed by atoms with van der Waals surface area (Å²) in [6.45, 7) is 3.24. The van der Waals surface area contributed by atoms with E-state index in [9.17, 15) is 8.78 Å². The summed E-state index contributed by atoms with van der Waals surface area (Å²) in [5.41, 5.74) is 3.43. The number of fused-ring (bicyclic) bond motifs is 1. The van der Waals surface area contributed by atoms with E-state index in [1.807, 2.05) is 12.1 Å². The molecule has 0 atom stereocenters. The van der Waals surface area contributed by atoms with Crippen molar-refractivity contribution in [3.05, 3.63) is 58.7 Å². The van der Waals surface area contributed by atoms with Crippen LogP contribution in [0.5, 0.6) is 0 Å². The Morgan fingerprint density at radius 1 is 1.11 bits per heavy atom. The largest absolute Gasteiger partial charge is 0.312 e. The molecule has 3 rings (SSSR count). The van der Waals surface area contributed by atoms with Gasteiger partial charge in [0, 0.05) is 6.54 Å². The number of hydrogen-bond acceptors (Lipinski definition) is 1. The zero-order chi connectivity index (χ0) is 13.4. The van der Waals surface area contributed by atoms with Gasteiger partial charge < -0.3 is 5.32 Å². The maximum absolute atomic E-state index is 14.3. The van der Waals surface area contributed by atoms with Crippen molar-refractivity contribution >= 4 is 0 Å². The van der Waals surface area contributed by atoms with Crippen molar-refractivity contribution in [2.75, 3.05) is 6.54 Å². The second-order valence-corrected chi connectivity index (χ2v) is 4.92. The fraction of sp³-hybridized carbons (Fsp3) is 0.250. The van der Waals surface area contributed by atoms with Gasteiger partial charge in [0.2, 0.25) is 0 Å². The lowest BCUT2D eigenvalue weighted by Crippen LogP contribution is -2.24. The predicted octanol–water partition coefficient (Wildman–Crippen LogP) is 3.59. The molecule has 0 saturated heterocycles. The molecule has 2 aromatic rings. The first-order valence-electron chi connectivity index (χ1n) is 6.45. The Kier molecular flexibility index (Phi) is 3.07. The number of aryl methyl sites for hydroxylation is 1. The first-order chi connectivity index (χ1) is 9.18. The van der Waals surface area contributed by atoms with E-state index in [1.54, 1.807) is 13.0 Å². The van der Waals surface area contributed by atoms with E-state index < -0.39 is 11.6 Å². The smallest absolute Gasteiger partial charge is 0.136 e. The third kappa shape index (κ3) is 2.04. The maximum atomic E-state index is 14.3. The van der Waals surface area contributed by atoms with Crippen LogP contribution in [0.25, 0.3) is 11.1 Å². The quantitative estimate of drug-likeness (QED) is 0.825. The number of nitrogens with one attached hydrogen (secondary N) is 1. The Morgan fingerprint density at radius 3 is 2.79 bits per heavy atom. The highest BCUT2D eigenvalue weighted by Crippen LogP contribution is 2.33. The van der Waals surface area contributed by atoms with Gasteiger partial charge in [-0.05, 0) is 48.2 Å². The van der Waals surface area contributed by atoms with Crippen molar-refractivity contribution in [2.24, 2.45) is 0 Å². The fourth-order valence-corrected chi connectivity index (χ4v) is 2.65. The summed E-state index contributed by atoms with van der Waals surface area (Å²) in [5.74, 6) is -0.957. The van der Waals surface area contributed by atoms with E-state index in [1.165, 1.54) is 17.7 Å². The van der Waals surface area contributed by atoms with Crippen LogP contribution in [0.3, 0.4) is 0 Å². The molecule has 1 aliphatic rings. The summed E-state index contributed by atoms with van der Waals surface area (Å²) >= 11 is 0. The molecule has 19 heavy (non-hydrogen) atoms. The second-order valence-electron chi connectivity index (χ2n) is 4.92. The third-order valence-electron chi connectivity index (χ3n) is 3.70. The number of halogens is 2. The van der Waals surface area contributed by atoms with E-state index in [0.29, 0.717) is 17.7 Å². The normalized spacial score (nSPS) is 14.3. The molecule has 0 unspecified atom stereocenters. The molecule has 0 aliphatic carbocycles. The molecule has 0 amide bonds. The Balaban J connectivity index is 2.26. The van der Waals surface area contributed by atoms with Crippen LogP contribution in [-0.2, 0) is 13.0 Å². The van der Waals surface area contributed by atoms with Crippen LogP contribution >= 0.6 is 0 Å². The summed E-state index contributed by atoms with van der Waals surface area (Å²) in [4.78, 5) is 0. The van der Waals surface area contributed by atoms with Gasteiger partial charge in [-0.3, -0.25) is 0 Å². The molecule has 0 radical (unpaired) electrons. The molecule has 0 saturated carbocycles. The standard InChI is InChI=1S/C16H15F2N/c1-10-5-6-14(17)15(16(10)18)12-4-2-3-11-7-8-19-9-13(11)12/h2-6,19H,7-9H2,1H3. The molecule has 0 bridgehead atoms. The zero-order valence-corrected chi connectivity index (χ0v) is 10.8. The van der Waals surface area contributed by atoms with Gasteiger partial charge in [0.15, 0.2) is 0 Å². The highest BCUT2D eigenvalue weighted by Gasteiger charge is 2.19. The summed E-state index contributed by atoms with van der Waals surface area (Å²) in [6.07, 6.45) is 0.901. The van der Waals surface area contributed by atoms with E-state index in [4.69, 9.17) is 0 Å². The van der Waals surface area contributed by atoms with Crippen LogP contribution in [0.15, 0.2) is 30.3 Å². The van der Waals surface area contributed by atoms with E-state index in [0.717, 1.165) is 18.5 Å². The topological polar surface area (TPSA) is 12.0 Å². The van der Waals surface area contributed by atoms with Gasteiger partial charge in [0.05, 0.1) is 5.56 Å². The number of hydrogen-bond donors (Lipinski definition) is 1. The molecule has 3 heteroatoms. The zero-order valence-electron chi connectivity index (χ0n) is 10.8. The summed E-state index contributed by atoms with van der Waals surface area (Å²) in [5, 5.41) is 3.26. The minimum Gasteiger partial charge on any atom is -0.312 e. The summed E-state index contributed by atoms with van der Waals surface area (Å²) in [6, 6.07) is 8.52. The molecular formula is C16H15F2N. The molecule has 0 spiro atoms. The van der Waals surface area contributed by atoms with Crippen molar-refractivity contribution in [1.29, 1.82) is 0 Å². The van der Waals surface area contributed by atoms with Gasteiger partial charge in [0.1, 0.15) is 11.6 Å². The van der Waals surface area contributed by atoms with Gasteiger partial charge in [0.25, 0.3) is 0 Å². The third-order valence-corrected chi connectivity index (χ3v) is 3.70. The summed E-state index contributed by atoms with van der Waals surface area (Å²) < 4.78 is 28.3. The Hall–Kier alpha value is -1.74. The van der Waals surface area contributed by atoms with E-state index >= 15 is 0 Å². The molecule has 0 fully saturated rings. The fourth-order valence-electron chi connectivity index (χ4n) is 2.65. The molecule has 1 N–H and O–H groups in total. The van der Waals surface area contributed by atoms with Crippen molar-refractivity contribution in [1.82, 2.24) is 5.32 Å². The molecule has 2 aromatic carbocycles. The Morgan fingerprint density at radius 2 is 1.95 bits per heavy atom. The van der Waals surface area contributed by atoms with Crippen LogP contribution in [0, 0.1) is 18.6 Å². The van der Waals surface area contributed by atoms with Crippen molar-refractivity contribution in [2.45, 2.75) is 19.9 Å². The maximum Gasteiger partial charge on any atom is 0.136 e. The van der Waals surface area contributed by atoms with Crippen molar-refractivity contribution in [3.8, 4) is 11.1 Å². The lowest BCUT2D eigenvalue weighted by Gasteiger charge is -2.21. The molecule has 1 aliphatic heterocycles. The number of rotatable bonds is 1. The van der Waals surface area contributed by atoms with Crippen LogP contribution in [0.2, 0.25) is 0 Å². The summed E-state index contributed by atoms with van der Waals surface area (Å²) in [7, 11) is 0. The van der Waals surface area contributed by atoms with E-state index in [-0.39, 0.29) is 5.56 Å². The lowest BCUT2D eigenvalue weighted by molar-refractivity contribution is 0.582. The average molecular weight is 259 g/mol. The van der Waals surface area contributed by atoms with E-state index in [2.05, 4.69) is 5.32 Å². The predicted molar refractivity (Wildman–Crippen MR) is 71.9 cm³/mol. The second kappa shape index (κ2) is 4.74. The van der Waals surface area contributed by atoms with Gasteiger partial charge in [-0.1, -0.05) is 24.3 Å². The van der Waals surface area contributed by atoms with Crippen LogP contribution in [0.1, 0.15) is 16.7 Å². The molecule has 1 heterocycles. The van der Waals surface area contributed by atoms with Gasteiger partial charge in [-0.2, -0.15) is 0 Å². The Bertz CT molecular complexity index is 635. The minimum atomic E-state index is -0.498. The molecule has 1 nitrogen and oxygen atoms in total. The monoisotopic (exact) mass is 259 g/mol. The SMILES string of the molecule is Cc1ccc(F)c(-c2cccc3c2CNCC3)c1F. The first kappa shape index (κ1) is 12.3. The van der Waals surface area contributed by atoms with Crippen molar-refractivity contribution in [3.63, 3.8) is 0 Å². The highest BCUT2D eigenvalue weighted by atomic mass is 19.1. The van der Waals surface area contributed by atoms with Crippen molar-refractivity contribution < 1.29 is 8.78 Å². The minimum absolute atomic E-state index is 0.0977. The van der Waals surface area contributed by atoms with Gasteiger partial charge >= 0.3 is 0 Å². The Labute approximate surface area is 111 Å². The van der Waals surface area contributed by atoms with Crippen LogP contribution < -0.4 is 5.32 Å². The van der Waals surface area contributed by atoms with Gasteiger partial charge in [-0.15, -0.1) is 0 Å². The molecule has 0 aromatic heterocycles. The number of benzene rings is 2. The van der Waals surface area contributed by atoms with Gasteiger partial charge in [-0.25, -0.2) is 8.78 Å². The molecular weight excluding hydrogens is 244 g/mol. The lowest BCUT2D eigenvalue weighted by atomic mass is 9.91. The first-order valence-corrected chi connectivity index (χ1v) is 6.45. The van der Waals surface area contributed by atoms with Crippen LogP contribution in [-0.4, -0.2) is 6.54 Å². The average Bonchev–Trinajstić information content (AvgIpc) is 2.44.